The third-order valence-electron chi connectivity index (χ3n) is 3.56. The number of carbonyl (C=O) groups is 2. The van der Waals surface area contributed by atoms with Gasteiger partial charge in [0.15, 0.2) is 5.75 Å². The number of benzene rings is 1. The molecule has 0 aromatic heterocycles. The van der Waals surface area contributed by atoms with Crippen LogP contribution in [0.15, 0.2) is 17.0 Å². The summed E-state index contributed by atoms with van der Waals surface area (Å²) in [7, 11) is 2.82. The van der Waals surface area contributed by atoms with Gasteiger partial charge in [-0.15, -0.1) is 11.8 Å². The molecule has 1 rings (SSSR count). The third kappa shape index (κ3) is 6.89. The fraction of sp³-hybridized carbons (Fsp3) is 0.500. The lowest BCUT2D eigenvalue weighted by atomic mass is 10.1. The predicted molar refractivity (Wildman–Crippen MR) is 107 cm³/mol. The second kappa shape index (κ2) is 10.9. The highest BCUT2D eigenvalue weighted by atomic mass is 32.5. The van der Waals surface area contributed by atoms with Gasteiger partial charge in [0, 0.05) is 43.8 Å². The van der Waals surface area contributed by atoms with Crippen LogP contribution in [0.25, 0.3) is 0 Å². The zero-order valence-electron chi connectivity index (χ0n) is 15.2. The summed E-state index contributed by atoms with van der Waals surface area (Å²) in [6, 6.07) is 3.60. The maximum absolute atomic E-state index is 12.3. The Bertz CT molecular complexity index is 690. The van der Waals surface area contributed by atoms with Gasteiger partial charge in [0.25, 0.3) is 0 Å². The summed E-state index contributed by atoms with van der Waals surface area (Å²) in [5, 5.41) is 11.5. The number of nitrogens with one attached hydrogen (secondary N) is 1. The van der Waals surface area contributed by atoms with Crippen molar-refractivity contribution in [2.45, 2.75) is 37.5 Å². The first kappa shape index (κ1) is 22.9. The smallest absolute Gasteiger partial charge is 0.380 e. The summed E-state index contributed by atoms with van der Waals surface area (Å²) in [6.07, 6.45) is 3.15. The highest BCUT2D eigenvalue weighted by molar-refractivity contribution is 8.07. The molecule has 1 aromatic rings. The molecule has 2 N–H and O–H groups in total. The van der Waals surface area contributed by atoms with E-state index in [1.54, 1.807) is 17.8 Å². The summed E-state index contributed by atoms with van der Waals surface area (Å²) in [5.74, 6) is -0.703. The van der Waals surface area contributed by atoms with E-state index in [2.05, 4.69) is 5.32 Å². The van der Waals surface area contributed by atoms with Crippen molar-refractivity contribution in [3.05, 3.63) is 17.7 Å². The average Bonchev–Trinajstić information content (AvgIpc) is 2.61. The average molecular weight is 421 g/mol. The van der Waals surface area contributed by atoms with Gasteiger partial charge in [-0.25, -0.2) is 0 Å². The number of hydrogen-bond donors (Lipinski definition) is 2. The van der Waals surface area contributed by atoms with Gasteiger partial charge in [0.2, 0.25) is 5.91 Å². The third-order valence-corrected chi connectivity index (χ3v) is 6.88. The van der Waals surface area contributed by atoms with Crippen LogP contribution in [-0.4, -0.2) is 37.5 Å². The molecule has 1 amide bonds. The standard InChI is InChI=1S/C16H24NO6PS2/c1-11-13(26-4)10-9-12(23-24(25,21-2)22-3)16(11)17-14(18)7-5-6-8-15(19)20/h9-10H,5-8H2,1-4H3,(H,17,18)(H,19,20). The Hall–Kier alpha value is -1.12. The van der Waals surface area contributed by atoms with Gasteiger partial charge in [-0.1, -0.05) is 0 Å². The molecule has 0 aliphatic carbocycles. The number of anilines is 1. The van der Waals surface area contributed by atoms with E-state index in [0.717, 1.165) is 10.5 Å². The summed E-state index contributed by atoms with van der Waals surface area (Å²) >= 11 is 6.79. The number of carboxylic acid groups (broad SMARTS) is 1. The van der Waals surface area contributed by atoms with Gasteiger partial charge in [-0.05, 0) is 43.7 Å². The largest absolute Gasteiger partial charge is 0.481 e. The molecular formula is C16H24NO6PS2. The zero-order chi connectivity index (χ0) is 19.7. The molecule has 7 nitrogen and oxygen atoms in total. The highest BCUT2D eigenvalue weighted by Crippen LogP contribution is 2.51. The Morgan fingerprint density at radius 2 is 1.85 bits per heavy atom. The Morgan fingerprint density at radius 1 is 1.23 bits per heavy atom. The Balaban J connectivity index is 2.97. The Labute approximate surface area is 163 Å². The predicted octanol–water partition coefficient (Wildman–Crippen LogP) is 4.20. The molecule has 0 fully saturated rings. The molecule has 1 aromatic carbocycles. The van der Waals surface area contributed by atoms with E-state index < -0.39 is 12.7 Å². The Morgan fingerprint density at radius 3 is 2.38 bits per heavy atom. The second-order valence-electron chi connectivity index (χ2n) is 5.32. The number of aliphatic carboxylic acids is 1. The maximum atomic E-state index is 12.3. The van der Waals surface area contributed by atoms with Crippen molar-refractivity contribution >= 4 is 47.9 Å². The minimum Gasteiger partial charge on any atom is -0.481 e. The molecule has 0 heterocycles. The molecule has 0 atom stereocenters. The monoisotopic (exact) mass is 421 g/mol. The molecule has 0 aliphatic rings. The van der Waals surface area contributed by atoms with E-state index >= 15 is 0 Å². The van der Waals surface area contributed by atoms with Crippen molar-refractivity contribution in [2.75, 3.05) is 25.8 Å². The number of amides is 1. The molecule has 0 spiro atoms. The number of carbonyl (C=O) groups excluding carboxylic acids is 1. The van der Waals surface area contributed by atoms with Crippen LogP contribution >= 0.6 is 18.5 Å². The van der Waals surface area contributed by atoms with Gasteiger partial charge < -0.3 is 24.0 Å². The molecule has 0 saturated carbocycles. The molecular weight excluding hydrogens is 397 g/mol. The van der Waals surface area contributed by atoms with E-state index in [9.17, 15) is 9.59 Å². The lowest BCUT2D eigenvalue weighted by molar-refractivity contribution is -0.137. The summed E-state index contributed by atoms with van der Waals surface area (Å²) in [6.45, 7) is -1.07. The van der Waals surface area contributed by atoms with Gasteiger partial charge in [-0.2, -0.15) is 0 Å². The second-order valence-corrected chi connectivity index (χ2v) is 9.32. The summed E-state index contributed by atoms with van der Waals surface area (Å²) in [4.78, 5) is 23.8. The van der Waals surface area contributed by atoms with E-state index in [4.69, 9.17) is 30.5 Å². The number of rotatable bonds is 11. The van der Waals surface area contributed by atoms with Crippen LogP contribution in [0.2, 0.25) is 0 Å². The van der Waals surface area contributed by atoms with Crippen molar-refractivity contribution in [2.24, 2.45) is 0 Å². The van der Waals surface area contributed by atoms with E-state index in [-0.39, 0.29) is 18.7 Å². The van der Waals surface area contributed by atoms with Gasteiger partial charge >= 0.3 is 12.7 Å². The van der Waals surface area contributed by atoms with Crippen LogP contribution in [0.4, 0.5) is 5.69 Å². The van der Waals surface area contributed by atoms with Crippen LogP contribution in [-0.2, 0) is 30.4 Å². The van der Waals surface area contributed by atoms with Crippen LogP contribution < -0.4 is 9.84 Å². The lowest BCUT2D eigenvalue weighted by Crippen LogP contribution is -2.14. The quantitative estimate of drug-likeness (QED) is 0.312. The SMILES string of the molecule is COP(=S)(OC)Oc1ccc(SC)c(C)c1NC(=O)CCCCC(=O)O. The summed E-state index contributed by atoms with van der Waals surface area (Å²) < 4.78 is 16.1. The lowest BCUT2D eigenvalue weighted by Gasteiger charge is -2.22. The van der Waals surface area contributed by atoms with Gasteiger partial charge in [0.1, 0.15) is 0 Å². The topological polar surface area (TPSA) is 94.1 Å². The fourth-order valence-electron chi connectivity index (χ4n) is 2.15. The Kier molecular flexibility index (Phi) is 9.60. The zero-order valence-corrected chi connectivity index (χ0v) is 17.8. The van der Waals surface area contributed by atoms with Crippen LogP contribution in [0.1, 0.15) is 31.2 Å². The number of unbranched alkanes of at least 4 members (excludes halogenated alkanes) is 1. The number of carboxylic acids is 1. The van der Waals surface area contributed by atoms with Crippen molar-refractivity contribution in [1.29, 1.82) is 0 Å². The van der Waals surface area contributed by atoms with Crippen LogP contribution in [0.5, 0.6) is 5.75 Å². The molecule has 26 heavy (non-hydrogen) atoms. The van der Waals surface area contributed by atoms with E-state index in [1.807, 2.05) is 19.2 Å². The first-order valence-corrected chi connectivity index (χ1v) is 11.6. The molecule has 10 heteroatoms. The van der Waals surface area contributed by atoms with E-state index in [1.165, 1.54) is 14.2 Å². The first-order valence-electron chi connectivity index (χ1n) is 7.86. The molecule has 0 bridgehead atoms. The minimum atomic E-state index is -2.94. The molecule has 146 valence electrons. The van der Waals surface area contributed by atoms with Crippen molar-refractivity contribution < 1.29 is 28.3 Å². The number of hydrogen-bond acceptors (Lipinski definition) is 7. The fourth-order valence-corrected chi connectivity index (χ4v) is 3.70. The molecule has 0 aliphatic heterocycles. The molecule has 0 radical (unpaired) electrons. The van der Waals surface area contributed by atoms with Gasteiger partial charge in [0.05, 0.1) is 5.69 Å². The molecule has 0 saturated heterocycles. The van der Waals surface area contributed by atoms with E-state index in [0.29, 0.717) is 24.3 Å². The van der Waals surface area contributed by atoms with Crippen molar-refractivity contribution in [3.8, 4) is 5.75 Å². The first-order chi connectivity index (χ1) is 12.3. The minimum absolute atomic E-state index is 0.0489. The van der Waals surface area contributed by atoms with Crippen molar-refractivity contribution in [1.82, 2.24) is 0 Å². The number of thioether (sulfide) groups is 1. The van der Waals surface area contributed by atoms with Crippen LogP contribution in [0.3, 0.4) is 0 Å². The molecule has 0 unspecified atom stereocenters. The van der Waals surface area contributed by atoms with Gasteiger partial charge in [-0.3, -0.25) is 9.59 Å². The summed E-state index contributed by atoms with van der Waals surface area (Å²) in [5.41, 5.74) is 1.37. The van der Waals surface area contributed by atoms with Crippen molar-refractivity contribution in [3.63, 3.8) is 0 Å². The maximum Gasteiger partial charge on any atom is 0.380 e. The normalized spacial score (nSPS) is 11.2. The van der Waals surface area contributed by atoms with Crippen LogP contribution in [0, 0.1) is 6.92 Å². The highest BCUT2D eigenvalue weighted by Gasteiger charge is 2.23.